The van der Waals surface area contributed by atoms with Gasteiger partial charge in [-0.2, -0.15) is 0 Å². The van der Waals surface area contributed by atoms with Gasteiger partial charge in [0.05, 0.1) is 17.1 Å². The molecular weight excluding hydrogens is 374 g/mol. The van der Waals surface area contributed by atoms with Crippen LogP contribution in [0, 0.1) is 0 Å². The number of hydrogen-bond acceptors (Lipinski definition) is 3. The second-order valence-corrected chi connectivity index (χ2v) is 7.17. The number of hydrogen-bond donors (Lipinski definition) is 3. The highest BCUT2D eigenvalue weighted by molar-refractivity contribution is 5.85. The zero-order valence-corrected chi connectivity index (χ0v) is 16.7. The molecule has 1 aliphatic heterocycles. The predicted octanol–water partition coefficient (Wildman–Crippen LogP) is 3.62. The van der Waals surface area contributed by atoms with Gasteiger partial charge in [-0.3, -0.25) is 4.90 Å². The molecule has 1 aromatic heterocycles. The Morgan fingerprint density at radius 1 is 1.18 bits per heavy atom. The van der Waals surface area contributed by atoms with Crippen LogP contribution >= 0.6 is 12.4 Å². The molecule has 28 heavy (non-hydrogen) atoms. The Bertz CT molecular complexity index is 880. The number of aromatic amines is 1. The molecule has 2 heterocycles. The number of likely N-dealkylation sites (tertiary alicyclic amines) is 1. The van der Waals surface area contributed by atoms with Gasteiger partial charge < -0.3 is 15.6 Å². The summed E-state index contributed by atoms with van der Waals surface area (Å²) in [5, 5.41) is 6.07. The first kappa shape index (κ1) is 20.2. The lowest BCUT2D eigenvalue weighted by Crippen LogP contribution is -2.48. The molecular formula is C21H26ClN5O. The van der Waals surface area contributed by atoms with Gasteiger partial charge in [-0.1, -0.05) is 42.5 Å². The molecule has 6 nitrogen and oxygen atoms in total. The number of imidazole rings is 1. The number of urea groups is 1. The van der Waals surface area contributed by atoms with Crippen LogP contribution < -0.4 is 10.6 Å². The molecule has 3 aromatic rings. The van der Waals surface area contributed by atoms with E-state index in [9.17, 15) is 4.79 Å². The Labute approximate surface area is 171 Å². The second-order valence-electron chi connectivity index (χ2n) is 7.17. The third-order valence-electron chi connectivity index (χ3n) is 5.22. The summed E-state index contributed by atoms with van der Waals surface area (Å²) in [6.07, 6.45) is 1.78. The summed E-state index contributed by atoms with van der Waals surface area (Å²) >= 11 is 0. The van der Waals surface area contributed by atoms with Gasteiger partial charge in [-0.15, -0.1) is 12.4 Å². The van der Waals surface area contributed by atoms with E-state index in [4.69, 9.17) is 4.98 Å². The highest BCUT2D eigenvalue weighted by Crippen LogP contribution is 2.29. The van der Waals surface area contributed by atoms with Gasteiger partial charge in [-0.05, 0) is 37.6 Å². The summed E-state index contributed by atoms with van der Waals surface area (Å²) in [7, 11) is 2.11. The van der Waals surface area contributed by atoms with Crippen molar-refractivity contribution in [3.63, 3.8) is 0 Å². The number of carbonyl (C=O) groups excluding carboxylic acids is 1. The number of amides is 2. The van der Waals surface area contributed by atoms with Crippen LogP contribution in [0.15, 0.2) is 54.6 Å². The summed E-state index contributed by atoms with van der Waals surface area (Å²) < 4.78 is 0. The van der Waals surface area contributed by atoms with E-state index in [0.717, 1.165) is 41.8 Å². The molecule has 3 N–H and O–H groups in total. The van der Waals surface area contributed by atoms with Crippen LogP contribution in [0.2, 0.25) is 0 Å². The highest BCUT2D eigenvalue weighted by Gasteiger charge is 2.30. The van der Waals surface area contributed by atoms with Crippen LogP contribution in [0.25, 0.3) is 11.0 Å². The summed E-state index contributed by atoms with van der Waals surface area (Å²) in [5.74, 6) is 0.967. The highest BCUT2D eigenvalue weighted by atomic mass is 35.5. The van der Waals surface area contributed by atoms with Crippen molar-refractivity contribution in [2.45, 2.75) is 31.5 Å². The van der Waals surface area contributed by atoms with Crippen molar-refractivity contribution in [1.29, 1.82) is 0 Å². The van der Waals surface area contributed by atoms with Gasteiger partial charge in [0.1, 0.15) is 5.82 Å². The average molecular weight is 400 g/mol. The van der Waals surface area contributed by atoms with Crippen LogP contribution in [-0.2, 0) is 6.54 Å². The molecule has 2 amide bonds. The fraction of sp³-hybridized carbons (Fsp3) is 0.333. The number of fused-ring (bicyclic) bond motifs is 1. The summed E-state index contributed by atoms with van der Waals surface area (Å²) in [6.45, 7) is 1.46. The van der Waals surface area contributed by atoms with E-state index in [1.807, 2.05) is 54.6 Å². The van der Waals surface area contributed by atoms with E-state index in [0.29, 0.717) is 6.54 Å². The quantitative estimate of drug-likeness (QED) is 0.627. The van der Waals surface area contributed by atoms with Crippen molar-refractivity contribution in [1.82, 2.24) is 25.5 Å². The van der Waals surface area contributed by atoms with Gasteiger partial charge in [0.2, 0.25) is 0 Å². The number of halogens is 1. The number of aromatic nitrogens is 2. The number of para-hydroxylation sites is 2. The van der Waals surface area contributed by atoms with Gasteiger partial charge in [0.25, 0.3) is 0 Å². The minimum Gasteiger partial charge on any atom is -0.341 e. The number of benzene rings is 2. The summed E-state index contributed by atoms with van der Waals surface area (Å²) in [5.41, 5.74) is 3.13. The molecule has 0 bridgehead atoms. The molecule has 0 unspecified atom stereocenters. The first-order valence-corrected chi connectivity index (χ1v) is 9.42. The SMILES string of the molecule is CN1CC[C@@H](NC(=O)NCc2ccccc2)C[C@@H]1c1nc2ccccc2[nH]1.Cl. The zero-order valence-electron chi connectivity index (χ0n) is 15.9. The Hall–Kier alpha value is -2.57. The lowest BCUT2D eigenvalue weighted by Gasteiger charge is -2.36. The Kier molecular flexibility index (Phi) is 6.54. The smallest absolute Gasteiger partial charge is 0.315 e. The number of nitrogens with one attached hydrogen (secondary N) is 3. The fourth-order valence-electron chi connectivity index (χ4n) is 3.68. The maximum atomic E-state index is 12.3. The van der Waals surface area contributed by atoms with Crippen LogP contribution in [-0.4, -0.2) is 40.5 Å². The fourth-order valence-corrected chi connectivity index (χ4v) is 3.68. The molecule has 2 aromatic carbocycles. The maximum absolute atomic E-state index is 12.3. The normalized spacial score (nSPS) is 19.8. The topological polar surface area (TPSA) is 73.1 Å². The first-order valence-electron chi connectivity index (χ1n) is 9.42. The largest absolute Gasteiger partial charge is 0.341 e. The third kappa shape index (κ3) is 4.64. The van der Waals surface area contributed by atoms with Crippen molar-refractivity contribution in [2.75, 3.05) is 13.6 Å². The van der Waals surface area contributed by atoms with Gasteiger partial charge in [-0.25, -0.2) is 9.78 Å². The van der Waals surface area contributed by atoms with Crippen LogP contribution in [0.1, 0.15) is 30.3 Å². The predicted molar refractivity (Wildman–Crippen MR) is 114 cm³/mol. The Morgan fingerprint density at radius 3 is 2.71 bits per heavy atom. The van der Waals surface area contributed by atoms with E-state index in [1.165, 1.54) is 0 Å². The van der Waals surface area contributed by atoms with Crippen molar-refractivity contribution < 1.29 is 4.79 Å². The van der Waals surface area contributed by atoms with E-state index in [-0.39, 0.29) is 30.5 Å². The van der Waals surface area contributed by atoms with Crippen LogP contribution in [0.3, 0.4) is 0 Å². The molecule has 0 spiro atoms. The monoisotopic (exact) mass is 399 g/mol. The molecule has 0 aliphatic carbocycles. The van der Waals surface area contributed by atoms with E-state index in [1.54, 1.807) is 0 Å². The van der Waals surface area contributed by atoms with Crippen LogP contribution in [0.4, 0.5) is 4.79 Å². The molecule has 1 saturated heterocycles. The van der Waals surface area contributed by atoms with Crippen LogP contribution in [0.5, 0.6) is 0 Å². The Balaban J connectivity index is 0.00000225. The van der Waals surface area contributed by atoms with Crippen molar-refractivity contribution in [3.8, 4) is 0 Å². The van der Waals surface area contributed by atoms with Crippen molar-refractivity contribution >= 4 is 29.5 Å². The summed E-state index contributed by atoms with van der Waals surface area (Å²) in [6, 6.07) is 18.2. The second kappa shape index (κ2) is 9.08. The Morgan fingerprint density at radius 2 is 1.93 bits per heavy atom. The average Bonchev–Trinajstić information content (AvgIpc) is 3.13. The number of rotatable bonds is 4. The minimum atomic E-state index is -0.114. The molecule has 4 rings (SSSR count). The van der Waals surface area contributed by atoms with E-state index >= 15 is 0 Å². The molecule has 7 heteroatoms. The van der Waals surface area contributed by atoms with Gasteiger partial charge in [0, 0.05) is 19.1 Å². The minimum absolute atomic E-state index is 0. The molecule has 1 aliphatic rings. The molecule has 148 valence electrons. The lowest BCUT2D eigenvalue weighted by molar-refractivity contribution is 0.151. The molecule has 1 fully saturated rings. The van der Waals surface area contributed by atoms with Gasteiger partial charge >= 0.3 is 6.03 Å². The standard InChI is InChI=1S/C21H25N5O.ClH/c1-26-12-11-16(23-21(27)22-14-15-7-3-2-4-8-15)13-19(26)20-24-17-9-5-6-10-18(17)25-20;/h2-10,16,19H,11-14H2,1H3,(H,24,25)(H2,22,23,27);1H/t16-,19-;/m1./s1. The maximum Gasteiger partial charge on any atom is 0.315 e. The first-order chi connectivity index (χ1) is 13.2. The molecule has 2 atom stereocenters. The number of H-pyrrole nitrogens is 1. The third-order valence-corrected chi connectivity index (χ3v) is 5.22. The number of piperidine rings is 1. The summed E-state index contributed by atoms with van der Waals surface area (Å²) in [4.78, 5) is 22.8. The van der Waals surface area contributed by atoms with E-state index in [2.05, 4.69) is 27.6 Å². The molecule has 0 radical (unpaired) electrons. The molecule has 0 saturated carbocycles. The lowest BCUT2D eigenvalue weighted by atomic mass is 9.97. The number of carbonyl (C=O) groups is 1. The number of nitrogens with zero attached hydrogens (tertiary/aromatic N) is 2. The van der Waals surface area contributed by atoms with E-state index < -0.39 is 0 Å². The van der Waals surface area contributed by atoms with Crippen molar-refractivity contribution in [3.05, 3.63) is 66.0 Å². The van der Waals surface area contributed by atoms with Gasteiger partial charge in [0.15, 0.2) is 0 Å². The van der Waals surface area contributed by atoms with Crippen molar-refractivity contribution in [2.24, 2.45) is 0 Å². The zero-order chi connectivity index (χ0) is 18.6.